The molecule has 3 aromatic carbocycles. The van der Waals surface area contributed by atoms with Gasteiger partial charge in [0, 0.05) is 17.6 Å². The molecule has 0 aliphatic rings. The second-order valence-corrected chi connectivity index (χ2v) is 7.14. The third-order valence-corrected chi connectivity index (χ3v) is 4.63. The van der Waals surface area contributed by atoms with Crippen molar-refractivity contribution in [2.45, 2.75) is 6.54 Å². The van der Waals surface area contributed by atoms with Gasteiger partial charge in [0.15, 0.2) is 6.61 Å². The molecule has 0 saturated carbocycles. The highest BCUT2D eigenvalue weighted by Gasteiger charge is 2.17. The number of halogens is 1. The minimum absolute atomic E-state index is 0.00688. The summed E-state index contributed by atoms with van der Waals surface area (Å²) >= 11 is 5.79. The Hall–Kier alpha value is -4.11. The molecule has 0 fully saturated rings. The molecule has 1 amide bonds. The molecule has 0 aliphatic carbocycles. The smallest absolute Gasteiger partial charge is 0.338 e. The van der Waals surface area contributed by atoms with Gasteiger partial charge in [-0.05, 0) is 54.1 Å². The van der Waals surface area contributed by atoms with Crippen LogP contribution in [0, 0.1) is 10.1 Å². The van der Waals surface area contributed by atoms with Crippen LogP contribution in [0.1, 0.15) is 15.9 Å². The number of nitro benzene ring substituents is 1. The fraction of sp³-hybridized carbons (Fsp3) is 0.130. The number of nitrogens with one attached hydrogen (secondary N) is 1. The molecule has 0 radical (unpaired) electrons. The van der Waals surface area contributed by atoms with Gasteiger partial charge in [0.1, 0.15) is 11.5 Å². The highest BCUT2D eigenvalue weighted by molar-refractivity contribution is 6.30. The average molecular weight is 471 g/mol. The number of nitro groups is 1. The fourth-order valence-corrected chi connectivity index (χ4v) is 2.92. The zero-order chi connectivity index (χ0) is 23.8. The summed E-state index contributed by atoms with van der Waals surface area (Å²) in [6, 6.07) is 17.0. The number of hydrogen-bond donors (Lipinski definition) is 1. The van der Waals surface area contributed by atoms with Crippen molar-refractivity contribution in [3.05, 3.63) is 93.0 Å². The number of nitrogens with zero attached hydrogens (tertiary/aromatic N) is 1. The van der Waals surface area contributed by atoms with Gasteiger partial charge in [-0.2, -0.15) is 0 Å². The standard InChI is InChI=1S/C23H19ClN2O7/c1-31-19-4-2-3-15(11-19)13-25-22(27)14-32-23(28)16-5-8-18(9-6-16)33-21-10-7-17(24)12-20(21)26(29)30/h2-12H,13-14H2,1H3,(H,25,27). The van der Waals surface area contributed by atoms with Gasteiger partial charge in [-0.1, -0.05) is 23.7 Å². The van der Waals surface area contributed by atoms with Crippen LogP contribution in [-0.4, -0.2) is 30.5 Å². The average Bonchev–Trinajstić information content (AvgIpc) is 2.82. The molecule has 170 valence electrons. The van der Waals surface area contributed by atoms with E-state index in [1.807, 2.05) is 6.07 Å². The van der Waals surface area contributed by atoms with Crippen molar-refractivity contribution in [1.82, 2.24) is 5.32 Å². The minimum Gasteiger partial charge on any atom is -0.497 e. The molecule has 9 nitrogen and oxygen atoms in total. The number of carbonyl (C=O) groups excluding carboxylic acids is 2. The normalized spacial score (nSPS) is 10.2. The summed E-state index contributed by atoms with van der Waals surface area (Å²) in [5.74, 6) is -0.205. The summed E-state index contributed by atoms with van der Waals surface area (Å²) < 4.78 is 15.7. The van der Waals surface area contributed by atoms with E-state index in [4.69, 9.17) is 25.8 Å². The van der Waals surface area contributed by atoms with Crippen LogP contribution in [0.15, 0.2) is 66.7 Å². The number of rotatable bonds is 9. The Morgan fingerprint density at radius 1 is 1.03 bits per heavy atom. The number of ether oxygens (including phenoxy) is 3. The lowest BCUT2D eigenvalue weighted by Gasteiger charge is -2.09. The van der Waals surface area contributed by atoms with Gasteiger partial charge in [-0.25, -0.2) is 4.79 Å². The SMILES string of the molecule is COc1cccc(CNC(=O)COC(=O)c2ccc(Oc3ccc(Cl)cc3[N+](=O)[O-])cc2)c1. The minimum atomic E-state index is -0.699. The van der Waals surface area contributed by atoms with E-state index in [9.17, 15) is 19.7 Å². The summed E-state index contributed by atoms with van der Waals surface area (Å²) in [4.78, 5) is 34.7. The molecule has 0 heterocycles. The molecule has 0 unspecified atom stereocenters. The lowest BCUT2D eigenvalue weighted by Crippen LogP contribution is -2.28. The zero-order valence-corrected chi connectivity index (χ0v) is 18.2. The van der Waals surface area contributed by atoms with Gasteiger partial charge in [0.05, 0.1) is 17.6 Å². The first-order valence-corrected chi connectivity index (χ1v) is 10.0. The Bertz CT molecular complexity index is 1170. The first-order chi connectivity index (χ1) is 15.9. The predicted molar refractivity (Wildman–Crippen MR) is 120 cm³/mol. The molecule has 0 aromatic heterocycles. The molecule has 3 aromatic rings. The Morgan fingerprint density at radius 2 is 1.79 bits per heavy atom. The Kier molecular flexibility index (Phi) is 7.82. The molecule has 0 bridgehead atoms. The van der Waals surface area contributed by atoms with Gasteiger partial charge in [-0.3, -0.25) is 14.9 Å². The maximum absolute atomic E-state index is 12.2. The van der Waals surface area contributed by atoms with Gasteiger partial charge in [0.25, 0.3) is 5.91 Å². The van der Waals surface area contributed by atoms with Crippen molar-refractivity contribution in [3.63, 3.8) is 0 Å². The molecule has 10 heteroatoms. The van der Waals surface area contributed by atoms with Crippen molar-refractivity contribution < 1.29 is 28.7 Å². The number of hydrogen-bond acceptors (Lipinski definition) is 7. The third kappa shape index (κ3) is 6.68. The van der Waals surface area contributed by atoms with Crippen LogP contribution >= 0.6 is 11.6 Å². The molecular formula is C23H19ClN2O7. The molecule has 33 heavy (non-hydrogen) atoms. The van der Waals surface area contributed by atoms with E-state index in [1.165, 1.54) is 42.5 Å². The van der Waals surface area contributed by atoms with Crippen LogP contribution in [0.25, 0.3) is 0 Å². The van der Waals surface area contributed by atoms with E-state index in [1.54, 1.807) is 25.3 Å². The topological polar surface area (TPSA) is 117 Å². The number of methoxy groups -OCH3 is 1. The third-order valence-electron chi connectivity index (χ3n) is 4.39. The largest absolute Gasteiger partial charge is 0.497 e. The maximum atomic E-state index is 12.2. The number of benzene rings is 3. The summed E-state index contributed by atoms with van der Waals surface area (Å²) in [5, 5.41) is 14.0. The van der Waals surface area contributed by atoms with Crippen molar-refractivity contribution in [2.24, 2.45) is 0 Å². The van der Waals surface area contributed by atoms with E-state index < -0.39 is 23.4 Å². The molecule has 0 atom stereocenters. The van der Waals surface area contributed by atoms with E-state index in [0.29, 0.717) is 5.75 Å². The van der Waals surface area contributed by atoms with Gasteiger partial charge in [0.2, 0.25) is 5.75 Å². The van der Waals surface area contributed by atoms with Gasteiger partial charge in [-0.15, -0.1) is 0 Å². The maximum Gasteiger partial charge on any atom is 0.338 e. The number of amides is 1. The zero-order valence-electron chi connectivity index (χ0n) is 17.4. The molecule has 0 aliphatic heterocycles. The Labute approximate surface area is 194 Å². The highest BCUT2D eigenvalue weighted by atomic mass is 35.5. The molecule has 3 rings (SSSR count). The summed E-state index contributed by atoms with van der Waals surface area (Å²) in [5.41, 5.74) is 0.741. The predicted octanol–water partition coefficient (Wildman–Crippen LogP) is 4.52. The van der Waals surface area contributed by atoms with Crippen LogP contribution in [0.2, 0.25) is 5.02 Å². The Morgan fingerprint density at radius 3 is 2.48 bits per heavy atom. The first kappa shape index (κ1) is 23.6. The Balaban J connectivity index is 1.52. The van der Waals surface area contributed by atoms with E-state index in [2.05, 4.69) is 5.32 Å². The summed E-state index contributed by atoms with van der Waals surface area (Å²) in [7, 11) is 1.55. The lowest BCUT2D eigenvalue weighted by atomic mass is 10.2. The molecule has 1 N–H and O–H groups in total. The molecular weight excluding hydrogens is 452 g/mol. The van der Waals surface area contributed by atoms with Crippen LogP contribution < -0.4 is 14.8 Å². The first-order valence-electron chi connectivity index (χ1n) is 9.64. The van der Waals surface area contributed by atoms with Crippen LogP contribution in [-0.2, 0) is 16.1 Å². The number of esters is 1. The van der Waals surface area contributed by atoms with E-state index >= 15 is 0 Å². The van der Waals surface area contributed by atoms with Gasteiger partial charge >= 0.3 is 11.7 Å². The van der Waals surface area contributed by atoms with Crippen LogP contribution in [0.3, 0.4) is 0 Å². The quantitative estimate of drug-likeness (QED) is 0.277. The lowest BCUT2D eigenvalue weighted by molar-refractivity contribution is -0.385. The van der Waals surface area contributed by atoms with Crippen LogP contribution in [0.5, 0.6) is 17.2 Å². The van der Waals surface area contributed by atoms with E-state index in [0.717, 1.165) is 5.56 Å². The van der Waals surface area contributed by atoms with Crippen molar-refractivity contribution >= 4 is 29.2 Å². The van der Waals surface area contributed by atoms with Gasteiger partial charge < -0.3 is 19.5 Å². The van der Waals surface area contributed by atoms with Crippen molar-refractivity contribution in [3.8, 4) is 17.2 Å². The van der Waals surface area contributed by atoms with Crippen molar-refractivity contribution in [1.29, 1.82) is 0 Å². The molecule has 0 spiro atoms. The summed E-state index contributed by atoms with van der Waals surface area (Å²) in [6.45, 7) is -0.186. The highest BCUT2D eigenvalue weighted by Crippen LogP contribution is 2.33. The monoisotopic (exact) mass is 470 g/mol. The van der Waals surface area contributed by atoms with Crippen LogP contribution in [0.4, 0.5) is 5.69 Å². The summed E-state index contributed by atoms with van der Waals surface area (Å²) in [6.07, 6.45) is 0. The second-order valence-electron chi connectivity index (χ2n) is 6.70. The fourth-order valence-electron chi connectivity index (χ4n) is 2.75. The van der Waals surface area contributed by atoms with E-state index in [-0.39, 0.29) is 34.3 Å². The van der Waals surface area contributed by atoms with Crippen molar-refractivity contribution in [2.75, 3.05) is 13.7 Å². The molecule has 0 saturated heterocycles. The number of carbonyl (C=O) groups is 2. The second kappa shape index (κ2) is 11.0.